The van der Waals surface area contributed by atoms with Crippen molar-refractivity contribution < 1.29 is 0 Å². The summed E-state index contributed by atoms with van der Waals surface area (Å²) in [7, 11) is 0. The Bertz CT molecular complexity index is 1740. The summed E-state index contributed by atoms with van der Waals surface area (Å²) >= 11 is 0. The topological polar surface area (TPSA) is 105 Å². The molecule has 0 aliphatic carbocycles. The molecular weight excluding hydrogens is 460 g/mol. The van der Waals surface area contributed by atoms with Crippen molar-refractivity contribution in [1.82, 2.24) is 9.97 Å². The standard InChI is InChI=1S/C29H26N8/c1-7-17-16(6)24-31-22-14(4)15(5)23(30-22)32-26-18(8-2)19(9-3)27(35-26)36-29-21-13-11-10-12-20(21)28(37-29)34-25(17)33-24/h7-13,35-37H,1-3H2,4-6H3,(H,30,31,32,33,34). The van der Waals surface area contributed by atoms with E-state index in [1.807, 2.05) is 32.9 Å². The molecule has 0 amide bonds. The highest BCUT2D eigenvalue weighted by Gasteiger charge is 2.26. The fourth-order valence-corrected chi connectivity index (χ4v) is 4.77. The van der Waals surface area contributed by atoms with Crippen LogP contribution in [0.2, 0.25) is 0 Å². The van der Waals surface area contributed by atoms with Crippen molar-refractivity contribution in [3.05, 3.63) is 83.5 Å². The van der Waals surface area contributed by atoms with Crippen molar-refractivity contribution >= 4 is 69.5 Å². The second-order valence-electron chi connectivity index (χ2n) is 9.01. The van der Waals surface area contributed by atoms with Crippen molar-refractivity contribution in [1.29, 1.82) is 0 Å². The maximum Gasteiger partial charge on any atom is 0.160 e. The lowest BCUT2D eigenvalue weighted by Crippen LogP contribution is -2.12. The van der Waals surface area contributed by atoms with Gasteiger partial charge in [0.25, 0.3) is 0 Å². The molecule has 2 aromatic heterocycles. The van der Waals surface area contributed by atoms with E-state index in [0.29, 0.717) is 29.2 Å². The molecule has 4 N–H and O–H groups in total. The third kappa shape index (κ3) is 3.37. The van der Waals surface area contributed by atoms with E-state index in [1.54, 1.807) is 18.2 Å². The van der Waals surface area contributed by atoms with Gasteiger partial charge in [0.2, 0.25) is 0 Å². The molecule has 37 heavy (non-hydrogen) atoms. The highest BCUT2D eigenvalue weighted by Crippen LogP contribution is 2.38. The molecule has 5 heterocycles. The number of H-pyrrole nitrogens is 2. The largest absolute Gasteiger partial charge is 0.327 e. The summed E-state index contributed by atoms with van der Waals surface area (Å²) in [5.41, 5.74) is 5.42. The van der Waals surface area contributed by atoms with E-state index < -0.39 is 0 Å². The number of benzene rings is 1. The van der Waals surface area contributed by atoms with Crippen LogP contribution in [-0.4, -0.2) is 33.3 Å². The molecule has 3 aromatic rings. The van der Waals surface area contributed by atoms with E-state index in [9.17, 15) is 0 Å². The first-order valence-corrected chi connectivity index (χ1v) is 12.0. The summed E-state index contributed by atoms with van der Waals surface area (Å²) in [6.45, 7) is 18.1. The number of amidine groups is 4. The number of nitrogens with one attached hydrogen (secondary N) is 4. The highest BCUT2D eigenvalue weighted by molar-refractivity contribution is 6.30. The second-order valence-corrected chi connectivity index (χ2v) is 9.01. The smallest absolute Gasteiger partial charge is 0.160 e. The Morgan fingerprint density at radius 1 is 0.622 bits per heavy atom. The van der Waals surface area contributed by atoms with Crippen LogP contribution in [-0.2, 0) is 0 Å². The lowest BCUT2D eigenvalue weighted by molar-refractivity contribution is 1.29. The van der Waals surface area contributed by atoms with Crippen LogP contribution in [0.15, 0.2) is 92.3 Å². The molecule has 8 bridgehead atoms. The van der Waals surface area contributed by atoms with Crippen molar-refractivity contribution in [2.24, 2.45) is 20.0 Å². The van der Waals surface area contributed by atoms with E-state index in [4.69, 9.17) is 20.0 Å². The van der Waals surface area contributed by atoms with E-state index in [2.05, 4.69) is 52.5 Å². The Labute approximate surface area is 214 Å². The van der Waals surface area contributed by atoms with Crippen LogP contribution >= 0.6 is 0 Å². The van der Waals surface area contributed by atoms with Crippen LogP contribution in [0, 0.1) is 0 Å². The molecule has 0 fully saturated rings. The first-order chi connectivity index (χ1) is 17.9. The molecule has 0 spiro atoms. The van der Waals surface area contributed by atoms with Crippen LogP contribution in [0.4, 0.5) is 23.3 Å². The Morgan fingerprint density at radius 2 is 1.22 bits per heavy atom. The van der Waals surface area contributed by atoms with Crippen LogP contribution in [0.3, 0.4) is 0 Å². The maximum atomic E-state index is 4.88. The first kappa shape index (κ1) is 22.5. The van der Waals surface area contributed by atoms with E-state index in [1.165, 1.54) is 0 Å². The maximum absolute atomic E-state index is 4.88. The van der Waals surface area contributed by atoms with Gasteiger partial charge in [-0.15, -0.1) is 0 Å². The molecule has 3 aliphatic heterocycles. The normalized spacial score (nSPS) is 16.6. The summed E-state index contributed by atoms with van der Waals surface area (Å²) < 4.78 is 0. The Morgan fingerprint density at radius 3 is 1.84 bits per heavy atom. The molecule has 3 aliphatic rings. The van der Waals surface area contributed by atoms with Crippen molar-refractivity contribution in [2.45, 2.75) is 20.8 Å². The van der Waals surface area contributed by atoms with Gasteiger partial charge in [-0.2, -0.15) is 0 Å². The van der Waals surface area contributed by atoms with Gasteiger partial charge in [-0.05, 0) is 20.8 Å². The fourth-order valence-electron chi connectivity index (χ4n) is 4.77. The molecule has 0 saturated carbocycles. The van der Waals surface area contributed by atoms with Crippen LogP contribution in [0.1, 0.15) is 31.9 Å². The van der Waals surface area contributed by atoms with E-state index >= 15 is 0 Å². The van der Waals surface area contributed by atoms with Crippen LogP contribution < -0.4 is 10.6 Å². The predicted molar refractivity (Wildman–Crippen MR) is 157 cm³/mol. The number of rotatable bonds is 3. The average Bonchev–Trinajstić information content (AvgIpc) is 3.58. The van der Waals surface area contributed by atoms with E-state index in [-0.39, 0.29) is 0 Å². The monoisotopic (exact) mass is 486 g/mol. The summed E-state index contributed by atoms with van der Waals surface area (Å²) in [4.78, 5) is 26.2. The van der Waals surface area contributed by atoms with Gasteiger partial charge >= 0.3 is 0 Å². The van der Waals surface area contributed by atoms with Gasteiger partial charge in [0.15, 0.2) is 17.5 Å². The predicted octanol–water partition coefficient (Wildman–Crippen LogP) is 7.04. The quantitative estimate of drug-likeness (QED) is 0.319. The summed E-state index contributed by atoms with van der Waals surface area (Å²) in [5.74, 6) is 5.45. The number of fused-ring (bicyclic) bond motifs is 9. The van der Waals surface area contributed by atoms with Crippen molar-refractivity contribution in [3.63, 3.8) is 0 Å². The average molecular weight is 487 g/mol. The molecule has 6 rings (SSSR count). The number of hydrogen-bond donors (Lipinski definition) is 4. The third-order valence-corrected chi connectivity index (χ3v) is 6.97. The van der Waals surface area contributed by atoms with Gasteiger partial charge < -0.3 is 20.6 Å². The zero-order chi connectivity index (χ0) is 25.8. The SMILES string of the molecule is C=CC1=C(C)C2=NC3=NC(=Nc4[nH]c(c(C=C)c4C=C)Nc4[nH]c(c5ccccc45)NC1=N2)C(C)=C3C. The Balaban J connectivity index is 1.65. The summed E-state index contributed by atoms with van der Waals surface area (Å²) in [6.07, 6.45) is 5.36. The molecule has 182 valence electrons. The number of anilines is 3. The van der Waals surface area contributed by atoms with Gasteiger partial charge in [-0.25, -0.2) is 20.0 Å². The molecule has 0 saturated heterocycles. The Hall–Kier alpha value is -4.98. The molecule has 1 aromatic carbocycles. The Kier molecular flexibility index (Phi) is 5.05. The zero-order valence-corrected chi connectivity index (χ0v) is 21.0. The van der Waals surface area contributed by atoms with Crippen LogP contribution in [0.5, 0.6) is 0 Å². The molecule has 0 radical (unpaired) electrons. The number of aliphatic imine (C=N–C) groups is 4. The number of nitrogens with zero attached hydrogens (tertiary/aromatic N) is 4. The number of aromatic amines is 2. The molecule has 8 nitrogen and oxygen atoms in total. The van der Waals surface area contributed by atoms with Gasteiger partial charge in [0.05, 0.1) is 0 Å². The minimum atomic E-state index is 0.590. The first-order valence-electron chi connectivity index (χ1n) is 12.0. The van der Waals surface area contributed by atoms with Gasteiger partial charge in [0.1, 0.15) is 29.1 Å². The minimum Gasteiger partial charge on any atom is -0.327 e. The van der Waals surface area contributed by atoms with Crippen molar-refractivity contribution in [2.75, 3.05) is 10.6 Å². The lowest BCUT2D eigenvalue weighted by atomic mass is 10.1. The molecule has 8 heteroatoms. The molecular formula is C29H26N8. The number of aromatic nitrogens is 2. The fraction of sp³-hybridized carbons (Fsp3) is 0.103. The van der Waals surface area contributed by atoms with Crippen LogP contribution in [0.25, 0.3) is 22.9 Å². The van der Waals surface area contributed by atoms with E-state index in [0.717, 1.165) is 61.6 Å². The lowest BCUT2D eigenvalue weighted by Gasteiger charge is -2.07. The van der Waals surface area contributed by atoms with Crippen molar-refractivity contribution in [3.8, 4) is 0 Å². The molecule has 0 atom stereocenters. The number of hydrogen-bond acceptors (Lipinski definition) is 6. The van der Waals surface area contributed by atoms with Gasteiger partial charge in [-0.3, -0.25) is 0 Å². The van der Waals surface area contributed by atoms with Gasteiger partial charge in [0, 0.05) is 44.2 Å². The summed E-state index contributed by atoms with van der Waals surface area (Å²) in [5, 5.41) is 9.03. The second kappa shape index (κ2) is 8.30. The summed E-state index contributed by atoms with van der Waals surface area (Å²) in [6, 6.07) is 8.13. The third-order valence-electron chi connectivity index (χ3n) is 6.97. The van der Waals surface area contributed by atoms with Gasteiger partial charge in [-0.1, -0.05) is 62.2 Å². The zero-order valence-electron chi connectivity index (χ0n) is 21.0. The minimum absolute atomic E-state index is 0.590. The molecule has 0 unspecified atom stereocenters. The highest BCUT2D eigenvalue weighted by atomic mass is 15.2.